The Labute approximate surface area is 428 Å². The zero-order chi connectivity index (χ0) is 49.4. The smallest absolute Gasteiger partial charge is 0.287 e. The number of hydrogen-bond acceptors (Lipinski definition) is 6. The van der Waals surface area contributed by atoms with Crippen molar-refractivity contribution in [1.29, 1.82) is 0 Å². The number of H-pyrrole nitrogens is 1. The Morgan fingerprint density at radius 3 is 2.09 bits per heavy atom. The number of rotatable bonds is 27. The molecule has 4 unspecified atom stereocenters. The third kappa shape index (κ3) is 15.3. The number of nitrogens with one attached hydrogen (secondary N) is 4. The number of allylic oxidation sites excluding steroid dienone is 2. The lowest BCUT2D eigenvalue weighted by Crippen LogP contribution is -2.47. The van der Waals surface area contributed by atoms with Crippen LogP contribution in [0.4, 0.5) is 17.2 Å². The van der Waals surface area contributed by atoms with Gasteiger partial charge in [0, 0.05) is 22.7 Å². The number of halogens is 4. The van der Waals surface area contributed by atoms with Gasteiger partial charge in [-0.3, -0.25) is 19.5 Å². The second-order valence-electron chi connectivity index (χ2n) is 18.5. The van der Waals surface area contributed by atoms with Crippen LogP contribution in [-0.2, 0) is 15.0 Å². The molecule has 9 nitrogen and oxygen atoms in total. The average molecular weight is 1030 g/mol. The number of aromatic nitrogens is 2. The van der Waals surface area contributed by atoms with Crippen LogP contribution >= 0.6 is 58.2 Å². The molecule has 0 fully saturated rings. The monoisotopic (exact) mass is 1030 g/mol. The largest absolute Gasteiger partial charge is 0.480 e. The molecule has 1 aliphatic carbocycles. The van der Waals surface area contributed by atoms with E-state index in [1.807, 2.05) is 37.3 Å². The van der Waals surface area contributed by atoms with E-state index in [4.69, 9.17) is 51.1 Å². The highest BCUT2D eigenvalue weighted by atomic mass is 35.5. The summed E-state index contributed by atoms with van der Waals surface area (Å²) in [5.41, 5.74) is 2.91. The lowest BCUT2D eigenvalue weighted by molar-refractivity contribution is -0.128. The maximum atomic E-state index is 14.6. The van der Waals surface area contributed by atoms with E-state index in [1.54, 1.807) is 18.2 Å². The molecule has 3 aromatic carbocycles. The molecule has 0 radical (unpaired) electrons. The van der Waals surface area contributed by atoms with Crippen molar-refractivity contribution >= 4 is 87.2 Å². The first kappa shape index (κ1) is 55.1. The fourth-order valence-corrected chi connectivity index (χ4v) is 10.4. The van der Waals surface area contributed by atoms with Crippen molar-refractivity contribution in [2.75, 3.05) is 10.6 Å². The van der Waals surface area contributed by atoms with Gasteiger partial charge in [0.1, 0.15) is 22.2 Å². The standard InChI is InChI=1S/C54H71Cl4N5O4S/c1-8-12-13-14-15-16-17-18-19-20-21-26-48(64)59-38-28-29-40(56)44(34-38)60-51-50(53(66)63(62-51)49-41(57)32-37(55)33-42(49)58)68-47-25-23-22-24-43(47)61-52(65)45(10-3)67-46-30-27-36(35(5)9-2)31-39(46)54(6,7)11-4/h22-25,27-35,43,45,47,60,62H,8-21,26H2,1-7H3,(H,59,64)(H,61,65). The summed E-state index contributed by atoms with van der Waals surface area (Å²) in [5, 5.41) is 13.3. The number of aromatic amines is 1. The molecule has 1 heterocycles. The molecule has 0 spiro atoms. The molecule has 4 aromatic rings. The third-order valence-electron chi connectivity index (χ3n) is 12.9. The quantitative estimate of drug-likeness (QED) is 0.0442. The van der Waals surface area contributed by atoms with Gasteiger partial charge in [-0.2, -0.15) is 0 Å². The Morgan fingerprint density at radius 1 is 0.809 bits per heavy atom. The summed E-state index contributed by atoms with van der Waals surface area (Å²) < 4.78 is 7.85. The second kappa shape index (κ2) is 27.0. The average Bonchev–Trinajstić information content (AvgIpc) is 3.60. The van der Waals surface area contributed by atoms with Gasteiger partial charge in [0.05, 0.1) is 32.0 Å². The van der Waals surface area contributed by atoms with Gasteiger partial charge in [-0.15, -0.1) is 11.8 Å². The highest BCUT2D eigenvalue weighted by Gasteiger charge is 2.31. The van der Waals surface area contributed by atoms with Gasteiger partial charge in [0.25, 0.3) is 11.5 Å². The minimum atomic E-state index is -0.772. The lowest BCUT2D eigenvalue weighted by atomic mass is 9.80. The normalized spacial score (nSPS) is 15.6. The summed E-state index contributed by atoms with van der Waals surface area (Å²) in [6.45, 7) is 15.1. The molecule has 1 aromatic heterocycles. The van der Waals surface area contributed by atoms with Crippen LogP contribution < -0.4 is 26.2 Å². The molecule has 2 amide bonds. The molecule has 0 bridgehead atoms. The molecule has 0 aliphatic heterocycles. The number of carbonyl (C=O) groups excluding carboxylic acids is 2. The second-order valence-corrected chi connectivity index (χ2v) is 21.4. The Morgan fingerprint density at radius 2 is 1.46 bits per heavy atom. The number of ether oxygens (including phenoxy) is 1. The van der Waals surface area contributed by atoms with Gasteiger partial charge in [-0.25, -0.2) is 4.68 Å². The van der Waals surface area contributed by atoms with Crippen LogP contribution in [-0.4, -0.2) is 39.0 Å². The van der Waals surface area contributed by atoms with Crippen molar-refractivity contribution < 1.29 is 14.3 Å². The molecule has 0 saturated heterocycles. The van der Waals surface area contributed by atoms with Gasteiger partial charge < -0.3 is 20.7 Å². The Balaban J connectivity index is 1.34. The number of benzene rings is 3. The van der Waals surface area contributed by atoms with E-state index < -0.39 is 23.0 Å². The van der Waals surface area contributed by atoms with Crippen molar-refractivity contribution in [2.45, 2.75) is 178 Å². The summed E-state index contributed by atoms with van der Waals surface area (Å²) in [6, 6.07) is 14.0. The molecule has 14 heteroatoms. The Hall–Kier alpha value is -3.80. The van der Waals surface area contributed by atoms with Crippen LogP contribution in [0.3, 0.4) is 0 Å². The number of amides is 2. The first-order valence-corrected chi connectivity index (χ1v) is 27.0. The number of thioether (sulfide) groups is 1. The molecular formula is C54H71Cl4N5O4S. The highest BCUT2D eigenvalue weighted by molar-refractivity contribution is 8.00. The summed E-state index contributed by atoms with van der Waals surface area (Å²) >= 11 is 27.7. The Bertz CT molecular complexity index is 2410. The van der Waals surface area contributed by atoms with Crippen molar-refractivity contribution in [2.24, 2.45) is 0 Å². The maximum Gasteiger partial charge on any atom is 0.287 e. The molecule has 4 N–H and O–H groups in total. The molecule has 5 rings (SSSR count). The van der Waals surface area contributed by atoms with E-state index in [1.165, 1.54) is 85.5 Å². The zero-order valence-electron chi connectivity index (χ0n) is 40.8. The molecule has 0 saturated carbocycles. The first-order chi connectivity index (χ1) is 32.6. The van der Waals surface area contributed by atoms with Crippen LogP contribution in [0.1, 0.15) is 162 Å². The van der Waals surface area contributed by atoms with Crippen LogP contribution in [0.5, 0.6) is 5.75 Å². The number of anilines is 3. The van der Waals surface area contributed by atoms with Crippen molar-refractivity contribution in [3.05, 3.63) is 114 Å². The van der Waals surface area contributed by atoms with Crippen molar-refractivity contribution in [3.63, 3.8) is 0 Å². The van der Waals surface area contributed by atoms with Crippen molar-refractivity contribution in [1.82, 2.24) is 15.1 Å². The third-order valence-corrected chi connectivity index (χ3v) is 15.4. The van der Waals surface area contributed by atoms with Crippen LogP contribution in [0.25, 0.3) is 5.69 Å². The molecule has 4 atom stereocenters. The van der Waals surface area contributed by atoms with E-state index >= 15 is 0 Å². The van der Waals surface area contributed by atoms with E-state index in [2.05, 4.69) is 74.7 Å². The minimum Gasteiger partial charge on any atom is -0.480 e. The number of nitrogens with zero attached hydrogens (tertiary/aromatic N) is 1. The highest BCUT2D eigenvalue weighted by Crippen LogP contribution is 2.40. The first-order valence-electron chi connectivity index (χ1n) is 24.6. The maximum absolute atomic E-state index is 14.6. The van der Waals surface area contributed by atoms with E-state index in [-0.39, 0.29) is 37.9 Å². The van der Waals surface area contributed by atoms with E-state index in [0.29, 0.717) is 51.7 Å². The topological polar surface area (TPSA) is 117 Å². The van der Waals surface area contributed by atoms with Gasteiger partial charge in [0.15, 0.2) is 6.10 Å². The molecule has 68 heavy (non-hydrogen) atoms. The Kier molecular flexibility index (Phi) is 21.9. The number of unbranched alkanes of at least 4 members (excludes halogenated alkanes) is 10. The summed E-state index contributed by atoms with van der Waals surface area (Å²) in [4.78, 5) is 42.1. The molecule has 1 aliphatic rings. The summed E-state index contributed by atoms with van der Waals surface area (Å²) in [7, 11) is 0. The number of carbonyl (C=O) groups is 2. The minimum absolute atomic E-state index is 0.0808. The van der Waals surface area contributed by atoms with Crippen LogP contribution in [0.2, 0.25) is 20.1 Å². The zero-order valence-corrected chi connectivity index (χ0v) is 44.7. The van der Waals surface area contributed by atoms with Gasteiger partial charge >= 0.3 is 0 Å². The molecule has 370 valence electrons. The van der Waals surface area contributed by atoms with Crippen LogP contribution in [0, 0.1) is 0 Å². The van der Waals surface area contributed by atoms with E-state index in [0.717, 1.165) is 37.7 Å². The molecular weight excluding hydrogens is 957 g/mol. The predicted molar refractivity (Wildman–Crippen MR) is 289 cm³/mol. The van der Waals surface area contributed by atoms with Crippen molar-refractivity contribution in [3.8, 4) is 11.4 Å². The van der Waals surface area contributed by atoms with Crippen LogP contribution in [0.15, 0.2) is 82.5 Å². The summed E-state index contributed by atoms with van der Waals surface area (Å²) in [5.74, 6) is 1.04. The van der Waals surface area contributed by atoms with Gasteiger partial charge in [0.2, 0.25) is 5.91 Å². The fraction of sp³-hybridized carbons (Fsp3) is 0.500. The van der Waals surface area contributed by atoms with E-state index in [9.17, 15) is 14.4 Å². The van der Waals surface area contributed by atoms with Gasteiger partial charge in [-0.1, -0.05) is 196 Å². The lowest BCUT2D eigenvalue weighted by Gasteiger charge is -2.30. The number of hydrogen-bond donors (Lipinski definition) is 4. The van der Waals surface area contributed by atoms with Gasteiger partial charge in [-0.05, 0) is 79.0 Å². The fourth-order valence-electron chi connectivity index (χ4n) is 8.14. The summed E-state index contributed by atoms with van der Waals surface area (Å²) in [6.07, 6.45) is 22.9. The predicted octanol–water partition coefficient (Wildman–Crippen LogP) is 16.3. The SMILES string of the molecule is CCCCCCCCCCCCCC(=O)Nc1ccc(Cl)c(Nc2[nH]n(-c3c(Cl)cc(Cl)cc3Cl)c(=O)c2SC2C=CC=CC2NC(=O)C(CC)Oc2ccc(C(C)CC)cc2C(C)(C)CC)c1.